The van der Waals surface area contributed by atoms with Gasteiger partial charge in [-0.25, -0.2) is 9.78 Å². The summed E-state index contributed by atoms with van der Waals surface area (Å²) in [4.78, 5) is 17.9. The zero-order valence-electron chi connectivity index (χ0n) is 11.1. The average Bonchev–Trinajstić information content (AvgIpc) is 2.90. The molecule has 5 heteroatoms. The highest BCUT2D eigenvalue weighted by molar-refractivity contribution is 5.88. The number of hydrogen-bond acceptors (Lipinski definition) is 5. The van der Waals surface area contributed by atoms with Crippen molar-refractivity contribution in [3.63, 3.8) is 0 Å². The largest absolute Gasteiger partial charge is 0.464 e. The Morgan fingerprint density at radius 2 is 2.42 bits per heavy atom. The lowest BCUT2D eigenvalue weighted by Crippen LogP contribution is -2.40. The Morgan fingerprint density at radius 3 is 3.21 bits per heavy atom. The van der Waals surface area contributed by atoms with E-state index in [0.29, 0.717) is 11.7 Å². The predicted molar refractivity (Wildman–Crippen MR) is 72.3 cm³/mol. The van der Waals surface area contributed by atoms with Gasteiger partial charge in [0.1, 0.15) is 5.69 Å². The molecular weight excluding hydrogens is 242 g/mol. The van der Waals surface area contributed by atoms with E-state index in [2.05, 4.69) is 15.2 Å². The van der Waals surface area contributed by atoms with Gasteiger partial charge in [0.2, 0.25) is 0 Å². The maximum absolute atomic E-state index is 11.5. The summed E-state index contributed by atoms with van der Waals surface area (Å²) in [6, 6.07) is 4.37. The highest BCUT2D eigenvalue weighted by Crippen LogP contribution is 2.29. The van der Waals surface area contributed by atoms with Crippen LogP contribution in [0.1, 0.15) is 23.3 Å². The Bertz CT molecular complexity index is 464. The quantitative estimate of drug-likeness (QED) is 0.807. The molecule has 0 radical (unpaired) electrons. The Hall–Kier alpha value is -1.62. The van der Waals surface area contributed by atoms with Crippen LogP contribution in [-0.2, 0) is 4.74 Å². The van der Waals surface area contributed by atoms with E-state index in [9.17, 15) is 4.79 Å². The minimum Gasteiger partial charge on any atom is -0.464 e. The van der Waals surface area contributed by atoms with Crippen LogP contribution in [0.3, 0.4) is 0 Å². The smallest absolute Gasteiger partial charge is 0.356 e. The molecule has 2 atom stereocenters. The SMILES string of the molecule is COC(=O)c1cc(N2C[C@@H]3CCCN[C@@H]3C2)ccn1. The molecule has 0 aromatic carbocycles. The Kier molecular flexibility index (Phi) is 3.38. The van der Waals surface area contributed by atoms with Gasteiger partial charge in [-0.1, -0.05) is 0 Å². The molecule has 1 aromatic heterocycles. The molecule has 2 saturated heterocycles. The number of nitrogens with zero attached hydrogens (tertiary/aromatic N) is 2. The van der Waals surface area contributed by atoms with Crippen LogP contribution < -0.4 is 10.2 Å². The van der Waals surface area contributed by atoms with Gasteiger partial charge >= 0.3 is 5.97 Å². The summed E-state index contributed by atoms with van der Waals surface area (Å²) in [6.07, 6.45) is 4.23. The van der Waals surface area contributed by atoms with Crippen LogP contribution in [0, 0.1) is 5.92 Å². The molecule has 0 amide bonds. The number of rotatable bonds is 2. The van der Waals surface area contributed by atoms with Crippen molar-refractivity contribution in [1.82, 2.24) is 10.3 Å². The molecule has 0 bridgehead atoms. The number of fused-ring (bicyclic) bond motifs is 1. The zero-order chi connectivity index (χ0) is 13.2. The van der Waals surface area contributed by atoms with E-state index in [4.69, 9.17) is 4.74 Å². The standard InChI is InChI=1S/C14H19N3O2/c1-19-14(18)12-7-11(4-6-16-12)17-8-10-3-2-5-15-13(10)9-17/h4,6-7,10,13,15H,2-3,5,8-9H2,1H3/t10-,13+/m0/s1. The molecule has 3 heterocycles. The minimum absolute atomic E-state index is 0.378. The van der Waals surface area contributed by atoms with E-state index in [1.54, 1.807) is 6.20 Å². The van der Waals surface area contributed by atoms with E-state index in [0.717, 1.165) is 31.2 Å². The third-order valence-corrected chi connectivity index (χ3v) is 4.10. The number of carbonyl (C=O) groups is 1. The first-order valence-corrected chi connectivity index (χ1v) is 6.80. The lowest BCUT2D eigenvalue weighted by Gasteiger charge is -2.24. The van der Waals surface area contributed by atoms with E-state index in [1.165, 1.54) is 20.0 Å². The first-order chi connectivity index (χ1) is 9.28. The monoisotopic (exact) mass is 261 g/mol. The van der Waals surface area contributed by atoms with Gasteiger partial charge in [-0.3, -0.25) is 0 Å². The van der Waals surface area contributed by atoms with Crippen molar-refractivity contribution in [2.75, 3.05) is 31.6 Å². The van der Waals surface area contributed by atoms with Gasteiger partial charge in [0.25, 0.3) is 0 Å². The molecular formula is C14H19N3O2. The maximum atomic E-state index is 11.5. The summed E-state index contributed by atoms with van der Waals surface area (Å²) in [5.74, 6) is 0.347. The van der Waals surface area contributed by atoms with Crippen molar-refractivity contribution in [3.05, 3.63) is 24.0 Å². The third-order valence-electron chi connectivity index (χ3n) is 4.10. The fourth-order valence-corrected chi connectivity index (χ4v) is 3.09. The number of pyridine rings is 1. The fraction of sp³-hybridized carbons (Fsp3) is 0.571. The summed E-state index contributed by atoms with van der Waals surface area (Å²) in [5.41, 5.74) is 1.44. The molecule has 0 aliphatic carbocycles. The summed E-state index contributed by atoms with van der Waals surface area (Å²) < 4.78 is 4.72. The van der Waals surface area contributed by atoms with Crippen LogP contribution in [-0.4, -0.2) is 43.7 Å². The van der Waals surface area contributed by atoms with E-state index >= 15 is 0 Å². The van der Waals surface area contributed by atoms with Crippen molar-refractivity contribution < 1.29 is 9.53 Å². The van der Waals surface area contributed by atoms with E-state index in [1.807, 2.05) is 12.1 Å². The van der Waals surface area contributed by atoms with E-state index < -0.39 is 0 Å². The zero-order valence-corrected chi connectivity index (χ0v) is 11.1. The topological polar surface area (TPSA) is 54.5 Å². The van der Waals surface area contributed by atoms with Crippen molar-refractivity contribution in [3.8, 4) is 0 Å². The lowest BCUT2D eigenvalue weighted by molar-refractivity contribution is 0.0594. The normalized spacial score (nSPS) is 26.1. The second-order valence-electron chi connectivity index (χ2n) is 5.26. The molecule has 2 aliphatic heterocycles. The number of hydrogen-bond donors (Lipinski definition) is 1. The maximum Gasteiger partial charge on any atom is 0.356 e. The van der Waals surface area contributed by atoms with Gasteiger partial charge in [0, 0.05) is 31.0 Å². The van der Waals surface area contributed by atoms with Crippen LogP contribution in [0.2, 0.25) is 0 Å². The highest BCUT2D eigenvalue weighted by Gasteiger charge is 2.34. The summed E-state index contributed by atoms with van der Waals surface area (Å²) in [7, 11) is 1.38. The van der Waals surface area contributed by atoms with Gasteiger partial charge < -0.3 is 15.0 Å². The second kappa shape index (κ2) is 5.17. The number of piperidine rings is 1. The van der Waals surface area contributed by atoms with Crippen molar-refractivity contribution in [2.24, 2.45) is 5.92 Å². The minimum atomic E-state index is -0.378. The summed E-state index contributed by atoms with van der Waals surface area (Å²) in [6.45, 7) is 3.19. The van der Waals surface area contributed by atoms with Gasteiger partial charge in [-0.05, 0) is 37.4 Å². The fourth-order valence-electron chi connectivity index (χ4n) is 3.09. The van der Waals surface area contributed by atoms with E-state index in [-0.39, 0.29) is 5.97 Å². The molecule has 1 aromatic rings. The summed E-state index contributed by atoms with van der Waals surface area (Å²) >= 11 is 0. The molecule has 19 heavy (non-hydrogen) atoms. The van der Waals surface area contributed by atoms with Gasteiger partial charge in [-0.15, -0.1) is 0 Å². The van der Waals surface area contributed by atoms with Gasteiger partial charge in [-0.2, -0.15) is 0 Å². The molecule has 2 aliphatic rings. The highest BCUT2D eigenvalue weighted by atomic mass is 16.5. The number of anilines is 1. The first kappa shape index (κ1) is 12.4. The first-order valence-electron chi connectivity index (χ1n) is 6.80. The van der Waals surface area contributed by atoms with Gasteiger partial charge in [0.15, 0.2) is 0 Å². The van der Waals surface area contributed by atoms with Crippen molar-refractivity contribution in [1.29, 1.82) is 0 Å². The second-order valence-corrected chi connectivity index (χ2v) is 5.26. The van der Waals surface area contributed by atoms with Crippen LogP contribution in [0.25, 0.3) is 0 Å². The molecule has 0 saturated carbocycles. The van der Waals surface area contributed by atoms with Crippen LogP contribution in [0.5, 0.6) is 0 Å². The van der Waals surface area contributed by atoms with Crippen LogP contribution in [0.15, 0.2) is 18.3 Å². The molecule has 102 valence electrons. The van der Waals surface area contributed by atoms with Crippen LogP contribution >= 0.6 is 0 Å². The average molecular weight is 261 g/mol. The van der Waals surface area contributed by atoms with Crippen molar-refractivity contribution >= 4 is 11.7 Å². The number of aromatic nitrogens is 1. The predicted octanol–water partition coefficient (Wildman–Crippen LogP) is 1.06. The molecule has 3 rings (SSSR count). The van der Waals surface area contributed by atoms with Crippen LogP contribution in [0.4, 0.5) is 5.69 Å². The molecule has 0 unspecified atom stereocenters. The number of methoxy groups -OCH3 is 1. The molecule has 2 fully saturated rings. The molecule has 0 spiro atoms. The third kappa shape index (κ3) is 2.42. The molecule has 5 nitrogen and oxygen atoms in total. The van der Waals surface area contributed by atoms with Crippen molar-refractivity contribution in [2.45, 2.75) is 18.9 Å². The molecule has 1 N–H and O–H groups in total. The Balaban J connectivity index is 1.77. The number of esters is 1. The number of carbonyl (C=O) groups excluding carboxylic acids is 1. The number of ether oxygens (including phenoxy) is 1. The Morgan fingerprint density at radius 1 is 1.53 bits per heavy atom. The number of nitrogens with one attached hydrogen (secondary N) is 1. The summed E-state index contributed by atoms with van der Waals surface area (Å²) in [5, 5.41) is 3.58. The lowest BCUT2D eigenvalue weighted by atomic mass is 9.94. The van der Waals surface area contributed by atoms with Gasteiger partial charge in [0.05, 0.1) is 7.11 Å². The Labute approximate surface area is 113 Å².